The molecule has 0 aliphatic heterocycles. The Morgan fingerprint density at radius 2 is 1.62 bits per heavy atom. The second-order valence-electron chi connectivity index (χ2n) is 7.83. The minimum absolute atomic E-state index is 0.276. The quantitative estimate of drug-likeness (QED) is 0.222. The van der Waals surface area contributed by atoms with E-state index in [4.69, 9.17) is 14.3 Å². The number of halogens is 1. The lowest BCUT2D eigenvalue weighted by Crippen LogP contribution is -2.03. The van der Waals surface area contributed by atoms with Crippen LogP contribution in [-0.2, 0) is 11.4 Å². The number of aromatic nitrogens is 1. The fourth-order valence-corrected chi connectivity index (χ4v) is 3.94. The monoisotopic (exact) mass is 458 g/mol. The zero-order chi connectivity index (χ0) is 24.1. The van der Waals surface area contributed by atoms with Crippen molar-refractivity contribution in [3.8, 4) is 28.4 Å². The molecule has 4 aromatic rings. The molecule has 0 fully saturated rings. The van der Waals surface area contributed by atoms with Gasteiger partial charge >= 0.3 is 0 Å². The van der Waals surface area contributed by atoms with Gasteiger partial charge in [-0.25, -0.2) is 4.39 Å². The number of methoxy groups -OCH3 is 2. The molecule has 4 rings (SSSR count). The maximum Gasteiger partial charge on any atom is 0.145 e. The van der Waals surface area contributed by atoms with Crippen LogP contribution < -0.4 is 9.47 Å². The molecule has 5 nitrogen and oxygen atoms in total. The van der Waals surface area contributed by atoms with Gasteiger partial charge in [0.05, 0.1) is 25.6 Å². The fourth-order valence-electron chi connectivity index (χ4n) is 3.94. The van der Waals surface area contributed by atoms with Gasteiger partial charge in [-0.05, 0) is 80.1 Å². The smallest absolute Gasteiger partial charge is 0.145 e. The van der Waals surface area contributed by atoms with E-state index in [0.29, 0.717) is 6.61 Å². The van der Waals surface area contributed by atoms with Crippen molar-refractivity contribution in [2.24, 2.45) is 5.16 Å². The van der Waals surface area contributed by atoms with Gasteiger partial charge in [0, 0.05) is 22.5 Å². The van der Waals surface area contributed by atoms with Crippen molar-refractivity contribution in [1.29, 1.82) is 0 Å². The number of hydrogen-bond acceptors (Lipinski definition) is 4. The molecule has 0 radical (unpaired) electrons. The Morgan fingerprint density at radius 1 is 0.912 bits per heavy atom. The maximum atomic E-state index is 13.6. The second kappa shape index (κ2) is 10.3. The summed E-state index contributed by atoms with van der Waals surface area (Å²) in [5.74, 6) is 1.26. The van der Waals surface area contributed by atoms with Crippen molar-refractivity contribution < 1.29 is 18.7 Å². The average molecular weight is 459 g/mol. The highest BCUT2D eigenvalue weighted by molar-refractivity contribution is 6.01. The summed E-state index contributed by atoms with van der Waals surface area (Å²) in [6.07, 6.45) is 0. The van der Waals surface area contributed by atoms with Crippen LogP contribution in [-0.4, -0.2) is 24.5 Å². The van der Waals surface area contributed by atoms with Crippen molar-refractivity contribution in [3.05, 3.63) is 102 Å². The minimum Gasteiger partial charge on any atom is -0.497 e. The number of benzene rings is 3. The minimum atomic E-state index is -0.276. The first-order chi connectivity index (χ1) is 16.5. The second-order valence-corrected chi connectivity index (χ2v) is 7.83. The Labute approximate surface area is 199 Å². The molecule has 174 valence electrons. The zero-order valence-corrected chi connectivity index (χ0v) is 19.7. The highest BCUT2D eigenvalue weighted by Crippen LogP contribution is 2.31. The van der Waals surface area contributed by atoms with Gasteiger partial charge in [-0.2, -0.15) is 0 Å². The van der Waals surface area contributed by atoms with Crippen LogP contribution in [0.15, 0.2) is 84.0 Å². The Morgan fingerprint density at radius 3 is 2.29 bits per heavy atom. The van der Waals surface area contributed by atoms with Gasteiger partial charge in [-0.1, -0.05) is 23.4 Å². The van der Waals surface area contributed by atoms with E-state index in [9.17, 15) is 4.39 Å². The molecule has 0 bridgehead atoms. The van der Waals surface area contributed by atoms with Crippen LogP contribution in [0.1, 0.15) is 23.7 Å². The molecular weight excluding hydrogens is 431 g/mol. The lowest BCUT2D eigenvalue weighted by atomic mass is 10.1. The highest BCUT2D eigenvalue weighted by atomic mass is 19.1. The van der Waals surface area contributed by atoms with Gasteiger partial charge in [-0.15, -0.1) is 0 Å². The summed E-state index contributed by atoms with van der Waals surface area (Å²) in [6, 6.07) is 24.1. The summed E-state index contributed by atoms with van der Waals surface area (Å²) >= 11 is 0. The fraction of sp³-hybridized carbons (Fsp3) is 0.179. The summed E-state index contributed by atoms with van der Waals surface area (Å²) in [5.41, 5.74) is 6.39. The molecule has 0 N–H and O–H groups in total. The first-order valence-corrected chi connectivity index (χ1v) is 10.9. The molecule has 1 aromatic heterocycles. The van der Waals surface area contributed by atoms with Crippen molar-refractivity contribution >= 4 is 5.71 Å². The summed E-state index contributed by atoms with van der Waals surface area (Å²) in [5, 5.41) is 4.38. The van der Waals surface area contributed by atoms with E-state index in [1.54, 1.807) is 26.4 Å². The van der Waals surface area contributed by atoms with Gasteiger partial charge in [0.25, 0.3) is 0 Å². The lowest BCUT2D eigenvalue weighted by molar-refractivity contribution is 0.128. The molecule has 0 saturated heterocycles. The summed E-state index contributed by atoms with van der Waals surface area (Å²) < 4.78 is 26.4. The van der Waals surface area contributed by atoms with Crippen molar-refractivity contribution in [2.75, 3.05) is 14.2 Å². The topological polar surface area (TPSA) is 45.0 Å². The predicted molar refractivity (Wildman–Crippen MR) is 132 cm³/mol. The largest absolute Gasteiger partial charge is 0.497 e. The number of ether oxygens (including phenoxy) is 2. The molecule has 1 heterocycles. The molecule has 0 amide bonds. The average Bonchev–Trinajstić information content (AvgIpc) is 3.22. The van der Waals surface area contributed by atoms with Gasteiger partial charge in [0.15, 0.2) is 0 Å². The number of oxime groups is 1. The molecule has 0 aliphatic rings. The molecule has 6 heteroatoms. The third kappa shape index (κ3) is 4.81. The van der Waals surface area contributed by atoms with Gasteiger partial charge in [0.1, 0.15) is 23.9 Å². The zero-order valence-electron chi connectivity index (χ0n) is 19.7. The summed E-state index contributed by atoms with van der Waals surface area (Å²) in [7, 11) is 3.28. The van der Waals surface area contributed by atoms with Crippen LogP contribution in [0.3, 0.4) is 0 Å². The molecule has 0 aliphatic carbocycles. The Balaban J connectivity index is 1.70. The van der Waals surface area contributed by atoms with Gasteiger partial charge in [-0.3, -0.25) is 0 Å². The van der Waals surface area contributed by atoms with Crippen molar-refractivity contribution in [3.63, 3.8) is 0 Å². The Hall–Kier alpha value is -4.06. The number of hydrogen-bond donors (Lipinski definition) is 0. The van der Waals surface area contributed by atoms with E-state index in [-0.39, 0.29) is 5.82 Å². The first kappa shape index (κ1) is 23.1. The number of nitrogens with zero attached hydrogens (tertiary/aromatic N) is 2. The lowest BCUT2D eigenvalue weighted by Gasteiger charge is -2.13. The number of rotatable bonds is 8. The van der Waals surface area contributed by atoms with Crippen LogP contribution in [0.5, 0.6) is 11.5 Å². The van der Waals surface area contributed by atoms with E-state index >= 15 is 0 Å². The number of para-hydroxylation sites is 1. The third-order valence-electron chi connectivity index (χ3n) is 5.72. The maximum absolute atomic E-state index is 13.6. The van der Waals surface area contributed by atoms with Crippen molar-refractivity contribution in [2.45, 2.75) is 20.5 Å². The van der Waals surface area contributed by atoms with E-state index in [2.05, 4.69) is 15.8 Å². The first-order valence-electron chi connectivity index (χ1n) is 10.9. The molecule has 0 atom stereocenters. The highest BCUT2D eigenvalue weighted by Gasteiger charge is 2.17. The summed E-state index contributed by atoms with van der Waals surface area (Å²) in [6.45, 7) is 4.23. The molecule has 34 heavy (non-hydrogen) atoms. The molecule has 3 aromatic carbocycles. The molecule has 0 saturated carbocycles. The summed E-state index contributed by atoms with van der Waals surface area (Å²) in [4.78, 5) is 5.67. The van der Waals surface area contributed by atoms with Crippen LogP contribution in [0.2, 0.25) is 0 Å². The molecule has 0 unspecified atom stereocenters. The Bertz CT molecular complexity index is 1290. The van der Waals surface area contributed by atoms with Crippen LogP contribution in [0.25, 0.3) is 16.9 Å². The van der Waals surface area contributed by atoms with Gasteiger partial charge in [0.2, 0.25) is 0 Å². The standard InChI is InChI=1S/C28H27FN2O3/c1-19(30-34-18-22-7-5-6-8-28(22)33-4)26-17-27(21-9-15-25(32-3)16-10-21)31(20(26)2)24-13-11-23(29)12-14-24/h5-17H,18H2,1-4H3/b30-19+. The van der Waals surface area contributed by atoms with Crippen LogP contribution >= 0.6 is 0 Å². The van der Waals surface area contributed by atoms with E-state index in [1.807, 2.05) is 62.4 Å². The van der Waals surface area contributed by atoms with Gasteiger partial charge < -0.3 is 18.9 Å². The van der Waals surface area contributed by atoms with E-state index in [0.717, 1.165) is 51.0 Å². The van der Waals surface area contributed by atoms with E-state index in [1.165, 1.54) is 12.1 Å². The SMILES string of the molecule is COc1ccc(-c2cc(/C(C)=N/OCc3ccccc3OC)c(C)n2-c2ccc(F)cc2)cc1. The van der Waals surface area contributed by atoms with E-state index < -0.39 is 0 Å². The Kier molecular flexibility index (Phi) is 6.97. The predicted octanol–water partition coefficient (Wildman–Crippen LogP) is 6.55. The van der Waals surface area contributed by atoms with Crippen LogP contribution in [0.4, 0.5) is 4.39 Å². The molecular formula is C28H27FN2O3. The van der Waals surface area contributed by atoms with Crippen LogP contribution in [0, 0.1) is 12.7 Å². The normalized spacial score (nSPS) is 11.4. The molecule has 0 spiro atoms. The third-order valence-corrected chi connectivity index (χ3v) is 5.72. The van der Waals surface area contributed by atoms with Crippen molar-refractivity contribution in [1.82, 2.24) is 4.57 Å².